The number of carbonyl (C=O) groups is 2. The minimum absolute atomic E-state index is 0.153. The van der Waals surface area contributed by atoms with Gasteiger partial charge in [-0.05, 0) is 18.2 Å². The van der Waals surface area contributed by atoms with Crippen molar-refractivity contribution in [1.29, 1.82) is 0 Å². The molecule has 0 saturated carbocycles. The zero-order chi connectivity index (χ0) is 13.7. The number of benzene rings is 1. The van der Waals surface area contributed by atoms with Crippen LogP contribution in [0.15, 0.2) is 35.3 Å². The lowest BCUT2D eigenvalue weighted by atomic mass is 10.1. The Labute approximate surface area is 113 Å². The fourth-order valence-corrected chi connectivity index (χ4v) is 1.82. The Kier molecular flexibility index (Phi) is 4.91. The first-order chi connectivity index (χ1) is 8.45. The molecule has 18 heavy (non-hydrogen) atoms. The number of aliphatic carboxylic acids is 1. The summed E-state index contributed by atoms with van der Waals surface area (Å²) in [6.07, 6.45) is 1.47. The van der Waals surface area contributed by atoms with E-state index in [0.717, 1.165) is 9.37 Å². The number of hydrogen-bond donors (Lipinski definition) is 2. The average molecular weight is 313 g/mol. The summed E-state index contributed by atoms with van der Waals surface area (Å²) in [4.78, 5) is 24.0. The molecule has 1 rings (SSSR count). The van der Waals surface area contributed by atoms with Gasteiger partial charge in [0.05, 0.1) is 5.56 Å². The van der Waals surface area contributed by atoms with Crippen molar-refractivity contribution in [1.82, 2.24) is 4.90 Å². The van der Waals surface area contributed by atoms with Crippen LogP contribution in [0.1, 0.15) is 10.4 Å². The van der Waals surface area contributed by atoms with Crippen molar-refractivity contribution in [3.8, 4) is 0 Å². The highest BCUT2D eigenvalue weighted by atomic mass is 79.9. The molecule has 1 amide bonds. The molecule has 3 N–H and O–H groups in total. The second kappa shape index (κ2) is 6.20. The number of carboxylic acids is 1. The van der Waals surface area contributed by atoms with Crippen LogP contribution in [0, 0.1) is 0 Å². The average Bonchev–Trinajstić information content (AvgIpc) is 2.27. The van der Waals surface area contributed by atoms with E-state index in [0.29, 0.717) is 5.69 Å². The number of rotatable bonds is 5. The van der Waals surface area contributed by atoms with Gasteiger partial charge < -0.3 is 15.7 Å². The number of nitrogens with two attached hydrogens (primary N) is 1. The molecule has 1 aromatic rings. The highest BCUT2D eigenvalue weighted by Crippen LogP contribution is 2.20. The molecule has 0 atom stereocenters. The summed E-state index contributed by atoms with van der Waals surface area (Å²) in [5.74, 6) is -1.51. The van der Waals surface area contributed by atoms with Crippen molar-refractivity contribution in [2.75, 3.05) is 18.8 Å². The summed E-state index contributed by atoms with van der Waals surface area (Å²) in [7, 11) is 0. The first-order valence-corrected chi connectivity index (χ1v) is 5.92. The number of hydrogen-bond acceptors (Lipinski definition) is 3. The standard InChI is InChI=1S/C12H13BrN2O3/c1-2-5-15(7-11(16)17)12(18)9-4-3-8(13)6-10(9)14/h2-4,6H,1,5,7,14H2,(H,16,17). The number of amides is 1. The van der Waals surface area contributed by atoms with Crippen molar-refractivity contribution >= 4 is 33.5 Å². The van der Waals surface area contributed by atoms with E-state index < -0.39 is 11.9 Å². The smallest absolute Gasteiger partial charge is 0.323 e. The zero-order valence-corrected chi connectivity index (χ0v) is 11.2. The first kappa shape index (κ1) is 14.2. The Bertz CT molecular complexity index is 488. The third kappa shape index (κ3) is 3.59. The topological polar surface area (TPSA) is 83.6 Å². The summed E-state index contributed by atoms with van der Waals surface area (Å²) >= 11 is 3.24. The molecule has 0 aromatic heterocycles. The predicted molar refractivity (Wildman–Crippen MR) is 72.3 cm³/mol. The number of nitrogens with zero attached hydrogens (tertiary/aromatic N) is 1. The Morgan fingerprint density at radius 1 is 1.50 bits per heavy atom. The van der Waals surface area contributed by atoms with Gasteiger partial charge in [-0.3, -0.25) is 9.59 Å². The van der Waals surface area contributed by atoms with Gasteiger partial charge in [0, 0.05) is 16.7 Å². The van der Waals surface area contributed by atoms with Gasteiger partial charge in [0.1, 0.15) is 6.54 Å². The van der Waals surface area contributed by atoms with Gasteiger partial charge >= 0.3 is 5.97 Å². The summed E-state index contributed by atoms with van der Waals surface area (Å²) in [6.45, 7) is 3.26. The van der Waals surface area contributed by atoms with E-state index in [1.807, 2.05) is 0 Å². The predicted octanol–water partition coefficient (Wildman–Crippen LogP) is 1.74. The molecule has 0 unspecified atom stereocenters. The van der Waals surface area contributed by atoms with Crippen LogP contribution in [0.5, 0.6) is 0 Å². The Balaban J connectivity index is 3.01. The maximum Gasteiger partial charge on any atom is 0.323 e. The number of anilines is 1. The minimum Gasteiger partial charge on any atom is -0.480 e. The molecule has 96 valence electrons. The normalized spacial score (nSPS) is 9.83. The van der Waals surface area contributed by atoms with Gasteiger partial charge in [-0.1, -0.05) is 22.0 Å². The van der Waals surface area contributed by atoms with Crippen LogP contribution in [0.3, 0.4) is 0 Å². The van der Waals surface area contributed by atoms with E-state index in [1.165, 1.54) is 6.08 Å². The molecule has 5 nitrogen and oxygen atoms in total. The number of carboxylic acid groups (broad SMARTS) is 1. The fraction of sp³-hybridized carbons (Fsp3) is 0.167. The van der Waals surface area contributed by atoms with Crippen molar-refractivity contribution in [3.05, 3.63) is 40.9 Å². The maximum absolute atomic E-state index is 12.1. The van der Waals surface area contributed by atoms with Crippen molar-refractivity contribution < 1.29 is 14.7 Å². The van der Waals surface area contributed by atoms with Crippen LogP contribution in [-0.2, 0) is 4.79 Å². The highest BCUT2D eigenvalue weighted by Gasteiger charge is 2.19. The molecule has 6 heteroatoms. The second-order valence-corrected chi connectivity index (χ2v) is 4.52. The molecule has 0 aliphatic heterocycles. The third-order valence-corrected chi connectivity index (χ3v) is 2.70. The van der Waals surface area contributed by atoms with E-state index in [9.17, 15) is 9.59 Å². The summed E-state index contributed by atoms with van der Waals surface area (Å²) < 4.78 is 0.755. The highest BCUT2D eigenvalue weighted by molar-refractivity contribution is 9.10. The molecular weight excluding hydrogens is 300 g/mol. The SMILES string of the molecule is C=CCN(CC(=O)O)C(=O)c1ccc(Br)cc1N. The van der Waals surface area contributed by atoms with Gasteiger partial charge in [-0.25, -0.2) is 0 Å². The molecule has 0 heterocycles. The van der Waals surface area contributed by atoms with Crippen LogP contribution in [-0.4, -0.2) is 35.0 Å². The monoisotopic (exact) mass is 312 g/mol. The van der Waals surface area contributed by atoms with E-state index >= 15 is 0 Å². The van der Waals surface area contributed by atoms with E-state index in [2.05, 4.69) is 22.5 Å². The van der Waals surface area contributed by atoms with Crippen LogP contribution in [0.2, 0.25) is 0 Å². The van der Waals surface area contributed by atoms with E-state index in [4.69, 9.17) is 10.8 Å². The lowest BCUT2D eigenvalue weighted by Gasteiger charge is -2.19. The largest absolute Gasteiger partial charge is 0.480 e. The van der Waals surface area contributed by atoms with Crippen molar-refractivity contribution in [2.45, 2.75) is 0 Å². The number of nitrogen functional groups attached to an aromatic ring is 1. The summed E-state index contributed by atoms with van der Waals surface area (Å²) in [5.41, 5.74) is 6.32. The Morgan fingerprint density at radius 3 is 2.67 bits per heavy atom. The third-order valence-electron chi connectivity index (χ3n) is 2.21. The van der Waals surface area contributed by atoms with E-state index in [-0.39, 0.29) is 18.7 Å². The van der Waals surface area contributed by atoms with Crippen LogP contribution in [0.4, 0.5) is 5.69 Å². The lowest BCUT2D eigenvalue weighted by molar-refractivity contribution is -0.137. The minimum atomic E-state index is -1.08. The summed E-state index contributed by atoms with van der Waals surface area (Å²) in [6, 6.07) is 4.83. The van der Waals surface area contributed by atoms with Crippen LogP contribution in [0.25, 0.3) is 0 Å². The quantitative estimate of drug-likeness (QED) is 0.641. The van der Waals surface area contributed by atoms with Gasteiger partial charge in [0.15, 0.2) is 0 Å². The zero-order valence-electron chi connectivity index (χ0n) is 9.60. The molecule has 0 saturated heterocycles. The number of carbonyl (C=O) groups excluding carboxylic acids is 1. The molecule has 0 aliphatic carbocycles. The molecule has 0 radical (unpaired) electrons. The molecule has 0 aliphatic rings. The van der Waals surface area contributed by atoms with Gasteiger partial charge in [0.2, 0.25) is 0 Å². The molecule has 0 bridgehead atoms. The van der Waals surface area contributed by atoms with Gasteiger partial charge in [-0.2, -0.15) is 0 Å². The molecule has 1 aromatic carbocycles. The Morgan fingerprint density at radius 2 is 2.17 bits per heavy atom. The van der Waals surface area contributed by atoms with Crippen LogP contribution < -0.4 is 5.73 Å². The van der Waals surface area contributed by atoms with Gasteiger partial charge in [-0.15, -0.1) is 6.58 Å². The molecule has 0 fully saturated rings. The van der Waals surface area contributed by atoms with Crippen molar-refractivity contribution in [2.24, 2.45) is 0 Å². The van der Waals surface area contributed by atoms with Gasteiger partial charge in [0.25, 0.3) is 5.91 Å². The fourth-order valence-electron chi connectivity index (χ4n) is 1.44. The molecule has 0 spiro atoms. The number of halogens is 1. The Hall–Kier alpha value is -1.82. The van der Waals surface area contributed by atoms with E-state index in [1.54, 1.807) is 18.2 Å². The van der Waals surface area contributed by atoms with Crippen LogP contribution >= 0.6 is 15.9 Å². The first-order valence-electron chi connectivity index (χ1n) is 5.12. The van der Waals surface area contributed by atoms with Crippen molar-refractivity contribution in [3.63, 3.8) is 0 Å². The lowest BCUT2D eigenvalue weighted by Crippen LogP contribution is -2.36. The summed E-state index contributed by atoms with van der Waals surface area (Å²) in [5, 5.41) is 8.75. The molecular formula is C12H13BrN2O3. The second-order valence-electron chi connectivity index (χ2n) is 3.60. The maximum atomic E-state index is 12.1.